The van der Waals surface area contributed by atoms with E-state index in [4.69, 9.17) is 14.2 Å². The molecule has 1 aliphatic carbocycles. The standard InChI is InChI=1S/C27H31NO5S2/c1-5-34-12-10-33-27(30)24-16(2)28-19-13-18(17-8-9-21(31-3)22(15-17)32-4)14-20(29)25(19)26(24)23-7-6-11-35-23/h6-9,11,15,18,26,28H,5,10,12-14H2,1-4H3/t18-,26-/m0/s1. The van der Waals surface area contributed by atoms with Crippen LogP contribution in [0.5, 0.6) is 11.5 Å². The number of carbonyl (C=O) groups is 2. The summed E-state index contributed by atoms with van der Waals surface area (Å²) in [4.78, 5) is 27.8. The topological polar surface area (TPSA) is 73.9 Å². The molecule has 1 aromatic carbocycles. The van der Waals surface area contributed by atoms with Crippen molar-refractivity contribution in [2.45, 2.75) is 38.5 Å². The molecule has 4 rings (SSSR count). The second kappa shape index (κ2) is 11.4. The van der Waals surface area contributed by atoms with Crippen molar-refractivity contribution in [2.75, 3.05) is 32.3 Å². The van der Waals surface area contributed by atoms with E-state index < -0.39 is 5.92 Å². The number of nitrogens with one attached hydrogen (secondary N) is 1. The molecule has 1 aromatic heterocycles. The summed E-state index contributed by atoms with van der Waals surface area (Å²) in [7, 11) is 3.22. The maximum atomic E-state index is 13.6. The first-order valence-electron chi connectivity index (χ1n) is 11.7. The number of ether oxygens (including phenoxy) is 3. The smallest absolute Gasteiger partial charge is 0.336 e. The van der Waals surface area contributed by atoms with Crippen molar-refractivity contribution in [3.63, 3.8) is 0 Å². The molecular weight excluding hydrogens is 482 g/mol. The van der Waals surface area contributed by atoms with Crippen molar-refractivity contribution in [3.8, 4) is 11.5 Å². The molecule has 1 aliphatic heterocycles. The van der Waals surface area contributed by atoms with E-state index in [2.05, 4.69) is 12.2 Å². The number of methoxy groups -OCH3 is 2. The van der Waals surface area contributed by atoms with Gasteiger partial charge in [0.25, 0.3) is 0 Å². The van der Waals surface area contributed by atoms with Crippen LogP contribution in [0, 0.1) is 0 Å². The lowest BCUT2D eigenvalue weighted by molar-refractivity contribution is -0.138. The molecule has 1 N–H and O–H groups in total. The number of esters is 1. The van der Waals surface area contributed by atoms with Gasteiger partial charge in [0.2, 0.25) is 0 Å². The van der Waals surface area contributed by atoms with Crippen LogP contribution < -0.4 is 14.8 Å². The normalized spacial score (nSPS) is 19.8. The number of ketones is 1. The molecule has 0 radical (unpaired) electrons. The van der Waals surface area contributed by atoms with E-state index >= 15 is 0 Å². The van der Waals surface area contributed by atoms with Crippen LogP contribution in [0.4, 0.5) is 0 Å². The number of hydrogen-bond donors (Lipinski definition) is 1. The van der Waals surface area contributed by atoms with Gasteiger partial charge in [0.15, 0.2) is 17.3 Å². The Morgan fingerprint density at radius 1 is 1.17 bits per heavy atom. The number of allylic oxidation sites excluding steroid dienone is 3. The van der Waals surface area contributed by atoms with Gasteiger partial charge >= 0.3 is 5.97 Å². The van der Waals surface area contributed by atoms with Gasteiger partial charge in [-0.3, -0.25) is 4.79 Å². The Hall–Kier alpha value is -2.71. The summed E-state index contributed by atoms with van der Waals surface area (Å²) in [6.07, 6.45) is 1.04. The summed E-state index contributed by atoms with van der Waals surface area (Å²) in [6, 6.07) is 9.76. The van der Waals surface area contributed by atoms with Crippen LogP contribution >= 0.6 is 23.1 Å². The molecule has 0 saturated carbocycles. The summed E-state index contributed by atoms with van der Waals surface area (Å²) in [6.45, 7) is 4.33. The Morgan fingerprint density at radius 2 is 1.97 bits per heavy atom. The highest BCUT2D eigenvalue weighted by atomic mass is 32.2. The SMILES string of the molecule is CCSCCOC(=O)C1=C(C)NC2=C(C(=O)C[C@@H](c3ccc(OC)c(OC)c3)C2)[C@H]1c1cccs1. The number of thioether (sulfide) groups is 1. The van der Waals surface area contributed by atoms with Gasteiger partial charge in [-0.15, -0.1) is 11.3 Å². The van der Waals surface area contributed by atoms with Gasteiger partial charge < -0.3 is 19.5 Å². The summed E-state index contributed by atoms with van der Waals surface area (Å²) >= 11 is 3.29. The van der Waals surface area contributed by atoms with Gasteiger partial charge in [-0.25, -0.2) is 4.79 Å². The Kier molecular flexibility index (Phi) is 8.23. The number of dihydropyridines is 1. The third-order valence-electron chi connectivity index (χ3n) is 6.42. The fourth-order valence-corrected chi connectivity index (χ4v) is 6.14. The summed E-state index contributed by atoms with van der Waals surface area (Å²) in [5.74, 6) is 2.33. The minimum atomic E-state index is -0.406. The monoisotopic (exact) mass is 513 g/mol. The molecule has 186 valence electrons. The number of benzene rings is 1. The van der Waals surface area contributed by atoms with Crippen molar-refractivity contribution >= 4 is 34.9 Å². The lowest BCUT2D eigenvalue weighted by Gasteiger charge is -2.36. The summed E-state index contributed by atoms with van der Waals surface area (Å²) < 4.78 is 16.5. The second-order valence-electron chi connectivity index (χ2n) is 8.48. The first-order chi connectivity index (χ1) is 17.0. The van der Waals surface area contributed by atoms with E-state index in [1.807, 2.05) is 42.6 Å². The number of hydrogen-bond acceptors (Lipinski definition) is 8. The zero-order chi connectivity index (χ0) is 24.9. The molecule has 0 amide bonds. The lowest BCUT2D eigenvalue weighted by atomic mass is 9.73. The minimum absolute atomic E-state index is 0.00455. The first-order valence-corrected chi connectivity index (χ1v) is 13.8. The molecule has 35 heavy (non-hydrogen) atoms. The molecular formula is C27H31NO5S2. The van der Waals surface area contributed by atoms with Crippen LogP contribution in [-0.4, -0.2) is 44.1 Å². The fourth-order valence-electron chi connectivity index (χ4n) is 4.81. The van der Waals surface area contributed by atoms with Crippen molar-refractivity contribution in [1.29, 1.82) is 0 Å². The fraction of sp³-hybridized carbons (Fsp3) is 0.407. The average Bonchev–Trinajstić information content (AvgIpc) is 3.39. The highest BCUT2D eigenvalue weighted by molar-refractivity contribution is 7.99. The van der Waals surface area contributed by atoms with Crippen LogP contribution in [0.15, 0.2) is 58.3 Å². The van der Waals surface area contributed by atoms with E-state index in [9.17, 15) is 9.59 Å². The van der Waals surface area contributed by atoms with Crippen LogP contribution in [0.1, 0.15) is 49.0 Å². The molecule has 2 atom stereocenters. The third-order valence-corrected chi connectivity index (χ3v) is 8.22. The number of carbonyl (C=O) groups excluding carboxylic acids is 2. The second-order valence-corrected chi connectivity index (χ2v) is 10.9. The zero-order valence-corrected chi connectivity index (χ0v) is 22.1. The van der Waals surface area contributed by atoms with Gasteiger partial charge in [0.05, 0.1) is 25.7 Å². The Morgan fingerprint density at radius 3 is 2.66 bits per heavy atom. The van der Waals surface area contributed by atoms with E-state index in [1.165, 1.54) is 0 Å². The maximum Gasteiger partial charge on any atom is 0.336 e. The van der Waals surface area contributed by atoms with Gasteiger partial charge in [-0.05, 0) is 54.2 Å². The van der Waals surface area contributed by atoms with E-state index in [1.54, 1.807) is 37.3 Å². The Labute approximate surface area is 214 Å². The van der Waals surface area contributed by atoms with Gasteiger partial charge in [0.1, 0.15) is 6.61 Å². The zero-order valence-electron chi connectivity index (χ0n) is 20.5. The molecule has 0 fully saturated rings. The number of rotatable bonds is 9. The predicted molar refractivity (Wildman–Crippen MR) is 140 cm³/mol. The Bertz CT molecular complexity index is 1150. The van der Waals surface area contributed by atoms with Crippen molar-refractivity contribution in [1.82, 2.24) is 5.32 Å². The molecule has 6 nitrogen and oxygen atoms in total. The number of Topliss-reactive ketones (excluding diaryl/α,β-unsaturated/α-hetero) is 1. The number of thiophene rings is 1. The van der Waals surface area contributed by atoms with Gasteiger partial charge in [-0.2, -0.15) is 11.8 Å². The average molecular weight is 514 g/mol. The minimum Gasteiger partial charge on any atom is -0.493 e. The highest BCUT2D eigenvalue weighted by Gasteiger charge is 2.42. The van der Waals surface area contributed by atoms with Gasteiger partial charge in [-0.1, -0.05) is 19.1 Å². The lowest BCUT2D eigenvalue weighted by Crippen LogP contribution is -2.36. The molecule has 2 aliphatic rings. The van der Waals surface area contributed by atoms with Crippen molar-refractivity contribution in [3.05, 3.63) is 68.7 Å². The Balaban J connectivity index is 1.66. The van der Waals surface area contributed by atoms with Crippen LogP contribution in [0.2, 0.25) is 0 Å². The van der Waals surface area contributed by atoms with E-state index in [-0.39, 0.29) is 17.7 Å². The quantitative estimate of drug-likeness (QED) is 0.354. The van der Waals surface area contributed by atoms with Crippen molar-refractivity contribution in [2.24, 2.45) is 0 Å². The van der Waals surface area contributed by atoms with Crippen LogP contribution in [0.3, 0.4) is 0 Å². The summed E-state index contributed by atoms with van der Waals surface area (Å²) in [5.41, 5.74) is 3.87. The molecule has 0 saturated heterocycles. The molecule has 2 aromatic rings. The van der Waals surface area contributed by atoms with Crippen LogP contribution in [-0.2, 0) is 14.3 Å². The van der Waals surface area contributed by atoms with E-state index in [0.29, 0.717) is 42.1 Å². The molecule has 0 unspecified atom stereocenters. The summed E-state index contributed by atoms with van der Waals surface area (Å²) in [5, 5.41) is 5.38. The van der Waals surface area contributed by atoms with Crippen LogP contribution in [0.25, 0.3) is 0 Å². The van der Waals surface area contributed by atoms with Crippen molar-refractivity contribution < 1.29 is 23.8 Å². The molecule has 2 heterocycles. The highest BCUT2D eigenvalue weighted by Crippen LogP contribution is 2.47. The van der Waals surface area contributed by atoms with E-state index in [0.717, 1.165) is 33.3 Å². The molecule has 8 heteroatoms. The largest absolute Gasteiger partial charge is 0.493 e. The maximum absolute atomic E-state index is 13.6. The van der Waals surface area contributed by atoms with Gasteiger partial charge in [0, 0.05) is 34.0 Å². The molecule has 0 spiro atoms. The third kappa shape index (κ3) is 5.28. The molecule has 0 bridgehead atoms. The first kappa shape index (κ1) is 25.4. The predicted octanol–water partition coefficient (Wildman–Crippen LogP) is 5.42.